The largest absolute Gasteiger partial charge is 0.493 e. The lowest BCUT2D eigenvalue weighted by Gasteiger charge is -2.12. The minimum atomic E-state index is -0.363. The molecule has 0 saturated heterocycles. The zero-order valence-corrected chi connectivity index (χ0v) is 15.2. The first kappa shape index (κ1) is 19.1. The van der Waals surface area contributed by atoms with Gasteiger partial charge in [-0.1, -0.05) is 12.1 Å². The fraction of sp³-hybridized carbons (Fsp3) is 0.263. The molecule has 0 atom stereocenters. The van der Waals surface area contributed by atoms with E-state index in [1.807, 2.05) is 6.92 Å². The van der Waals surface area contributed by atoms with Gasteiger partial charge in [-0.3, -0.25) is 4.79 Å². The Morgan fingerprint density at radius 2 is 1.69 bits per heavy atom. The van der Waals surface area contributed by atoms with Gasteiger partial charge in [-0.25, -0.2) is 5.43 Å². The third-order valence-electron chi connectivity index (χ3n) is 3.50. The number of rotatable bonds is 8. The molecule has 26 heavy (non-hydrogen) atoms. The van der Waals surface area contributed by atoms with E-state index in [-0.39, 0.29) is 5.91 Å². The molecule has 1 N–H and O–H groups in total. The number of carbonyl (C=O) groups is 1. The van der Waals surface area contributed by atoms with Crippen LogP contribution in [0.4, 0.5) is 0 Å². The Balaban J connectivity index is 2.17. The molecule has 0 spiro atoms. The van der Waals surface area contributed by atoms with Crippen LogP contribution in [0.2, 0.25) is 0 Å². The molecule has 1 amide bonds. The van der Waals surface area contributed by atoms with Crippen LogP contribution < -0.4 is 24.4 Å². The van der Waals surface area contributed by atoms with E-state index in [0.29, 0.717) is 40.7 Å². The normalized spacial score (nSPS) is 10.5. The van der Waals surface area contributed by atoms with Crippen LogP contribution in [0.1, 0.15) is 22.8 Å². The van der Waals surface area contributed by atoms with Gasteiger partial charge in [-0.15, -0.1) is 0 Å². The number of nitrogens with one attached hydrogen (secondary N) is 1. The number of hydrogen-bond donors (Lipinski definition) is 1. The van der Waals surface area contributed by atoms with Crippen molar-refractivity contribution in [2.75, 3.05) is 27.9 Å². The molecule has 2 aromatic carbocycles. The summed E-state index contributed by atoms with van der Waals surface area (Å²) in [5, 5.41) is 3.99. The Morgan fingerprint density at radius 3 is 2.27 bits per heavy atom. The lowest BCUT2D eigenvalue weighted by atomic mass is 10.2. The van der Waals surface area contributed by atoms with Crippen molar-refractivity contribution in [1.29, 1.82) is 0 Å². The number of ether oxygens (including phenoxy) is 4. The first-order chi connectivity index (χ1) is 12.6. The summed E-state index contributed by atoms with van der Waals surface area (Å²) in [6.07, 6.45) is 1.49. The van der Waals surface area contributed by atoms with Gasteiger partial charge in [0.05, 0.1) is 39.7 Å². The summed E-state index contributed by atoms with van der Waals surface area (Å²) in [5.41, 5.74) is 3.58. The highest BCUT2D eigenvalue weighted by molar-refractivity contribution is 5.97. The summed E-state index contributed by atoms with van der Waals surface area (Å²) >= 11 is 0. The second-order valence-electron chi connectivity index (χ2n) is 5.09. The number of amides is 1. The van der Waals surface area contributed by atoms with Crippen molar-refractivity contribution in [3.8, 4) is 23.0 Å². The van der Waals surface area contributed by atoms with Gasteiger partial charge < -0.3 is 18.9 Å². The lowest BCUT2D eigenvalue weighted by Crippen LogP contribution is -2.18. The molecule has 0 aliphatic carbocycles. The maximum absolute atomic E-state index is 12.3. The lowest BCUT2D eigenvalue weighted by molar-refractivity contribution is 0.0951. The second kappa shape index (κ2) is 9.31. The zero-order chi connectivity index (χ0) is 18.9. The molecular weight excluding hydrogens is 336 g/mol. The van der Waals surface area contributed by atoms with E-state index < -0.39 is 0 Å². The average molecular weight is 358 g/mol. The van der Waals surface area contributed by atoms with Crippen LogP contribution in [0.25, 0.3) is 0 Å². The van der Waals surface area contributed by atoms with Gasteiger partial charge in [0, 0.05) is 5.56 Å². The van der Waals surface area contributed by atoms with Crippen LogP contribution in [-0.4, -0.2) is 40.1 Å². The van der Waals surface area contributed by atoms with Crippen molar-refractivity contribution in [2.45, 2.75) is 6.92 Å². The summed E-state index contributed by atoms with van der Waals surface area (Å²) in [7, 11) is 4.60. The number of methoxy groups -OCH3 is 3. The zero-order valence-electron chi connectivity index (χ0n) is 15.2. The van der Waals surface area contributed by atoms with Gasteiger partial charge in [0.25, 0.3) is 5.91 Å². The van der Waals surface area contributed by atoms with Crippen LogP contribution >= 0.6 is 0 Å². The summed E-state index contributed by atoms with van der Waals surface area (Å²) < 4.78 is 21.3. The minimum Gasteiger partial charge on any atom is -0.493 e. The second-order valence-corrected chi connectivity index (χ2v) is 5.09. The first-order valence-corrected chi connectivity index (χ1v) is 7.99. The highest BCUT2D eigenvalue weighted by Crippen LogP contribution is 2.37. The van der Waals surface area contributed by atoms with Gasteiger partial charge >= 0.3 is 0 Å². The fourth-order valence-corrected chi connectivity index (χ4v) is 2.34. The van der Waals surface area contributed by atoms with Crippen LogP contribution in [0.5, 0.6) is 23.0 Å². The van der Waals surface area contributed by atoms with E-state index in [2.05, 4.69) is 10.5 Å². The van der Waals surface area contributed by atoms with E-state index in [0.717, 1.165) is 0 Å². The molecule has 0 saturated carbocycles. The molecule has 7 heteroatoms. The molecule has 138 valence electrons. The maximum atomic E-state index is 12.3. The highest BCUT2D eigenvalue weighted by Gasteiger charge is 2.13. The van der Waals surface area contributed by atoms with Gasteiger partial charge in [0.1, 0.15) is 5.75 Å². The molecule has 0 aliphatic rings. The topological polar surface area (TPSA) is 78.4 Å². The van der Waals surface area contributed by atoms with Crippen molar-refractivity contribution in [3.63, 3.8) is 0 Å². The van der Waals surface area contributed by atoms with E-state index in [1.165, 1.54) is 27.5 Å². The van der Waals surface area contributed by atoms with Crippen LogP contribution in [0.3, 0.4) is 0 Å². The van der Waals surface area contributed by atoms with E-state index >= 15 is 0 Å². The number of hydrogen-bond acceptors (Lipinski definition) is 6. The number of nitrogens with zero attached hydrogens (tertiary/aromatic N) is 1. The molecule has 0 unspecified atom stereocenters. The quantitative estimate of drug-likeness (QED) is 0.580. The van der Waals surface area contributed by atoms with E-state index in [4.69, 9.17) is 18.9 Å². The fourth-order valence-electron chi connectivity index (χ4n) is 2.34. The van der Waals surface area contributed by atoms with Crippen molar-refractivity contribution < 1.29 is 23.7 Å². The monoisotopic (exact) mass is 358 g/mol. The molecule has 0 radical (unpaired) electrons. The summed E-state index contributed by atoms with van der Waals surface area (Å²) in [4.78, 5) is 12.3. The molecule has 0 bridgehead atoms. The van der Waals surface area contributed by atoms with Crippen LogP contribution in [0.15, 0.2) is 41.5 Å². The van der Waals surface area contributed by atoms with Crippen molar-refractivity contribution in [2.24, 2.45) is 5.10 Å². The summed E-state index contributed by atoms with van der Waals surface area (Å²) in [6, 6.07) is 10.4. The predicted molar refractivity (Wildman–Crippen MR) is 98.8 cm³/mol. The molecule has 7 nitrogen and oxygen atoms in total. The molecular formula is C19H22N2O5. The van der Waals surface area contributed by atoms with Crippen molar-refractivity contribution >= 4 is 12.1 Å². The standard InChI is InChI=1S/C19H22N2O5/c1-5-26-15-9-7-6-8-14(15)19(22)21-20-12-13-10-16(23-2)18(25-4)17(11-13)24-3/h6-12H,5H2,1-4H3,(H,21,22). The Hall–Kier alpha value is -3.22. The summed E-state index contributed by atoms with van der Waals surface area (Å²) in [5.74, 6) is 1.64. The van der Waals surface area contributed by atoms with Gasteiger partial charge in [-0.05, 0) is 31.2 Å². The van der Waals surface area contributed by atoms with Crippen molar-refractivity contribution in [3.05, 3.63) is 47.5 Å². The number of carbonyl (C=O) groups excluding carboxylic acids is 1. The Bertz CT molecular complexity index is 764. The van der Waals surface area contributed by atoms with Gasteiger partial charge in [0.15, 0.2) is 11.5 Å². The van der Waals surface area contributed by atoms with Crippen LogP contribution in [-0.2, 0) is 0 Å². The molecule has 2 rings (SSSR count). The molecule has 2 aromatic rings. The smallest absolute Gasteiger partial charge is 0.275 e. The molecule has 0 heterocycles. The van der Waals surface area contributed by atoms with E-state index in [9.17, 15) is 4.79 Å². The Morgan fingerprint density at radius 1 is 1.04 bits per heavy atom. The van der Waals surface area contributed by atoms with Gasteiger partial charge in [0.2, 0.25) is 5.75 Å². The molecule has 0 fully saturated rings. The summed E-state index contributed by atoms with van der Waals surface area (Å²) in [6.45, 7) is 2.33. The molecule has 0 aromatic heterocycles. The van der Waals surface area contributed by atoms with Crippen molar-refractivity contribution in [1.82, 2.24) is 5.43 Å². The first-order valence-electron chi connectivity index (χ1n) is 7.99. The number of para-hydroxylation sites is 1. The highest BCUT2D eigenvalue weighted by atomic mass is 16.5. The Kier molecular flexibility index (Phi) is 6.84. The number of benzene rings is 2. The third kappa shape index (κ3) is 4.44. The van der Waals surface area contributed by atoms with Gasteiger partial charge in [-0.2, -0.15) is 5.10 Å². The third-order valence-corrected chi connectivity index (χ3v) is 3.50. The predicted octanol–water partition coefficient (Wildman–Crippen LogP) is 2.88. The SMILES string of the molecule is CCOc1ccccc1C(=O)NN=Cc1cc(OC)c(OC)c(OC)c1. The van der Waals surface area contributed by atoms with Crippen LogP contribution in [0, 0.1) is 0 Å². The maximum Gasteiger partial charge on any atom is 0.275 e. The van der Waals surface area contributed by atoms with E-state index in [1.54, 1.807) is 36.4 Å². The minimum absolute atomic E-state index is 0.363. The Labute approximate surface area is 152 Å². The molecule has 0 aliphatic heterocycles. The average Bonchev–Trinajstić information content (AvgIpc) is 2.67. The number of hydrazone groups is 1.